The van der Waals surface area contributed by atoms with Gasteiger partial charge in [-0.2, -0.15) is 9.97 Å². The van der Waals surface area contributed by atoms with Crippen LogP contribution in [0.3, 0.4) is 0 Å². The first-order valence-electron chi connectivity index (χ1n) is 15.9. The van der Waals surface area contributed by atoms with Crippen molar-refractivity contribution in [2.24, 2.45) is 0 Å². The molecule has 1 unspecified atom stereocenters. The van der Waals surface area contributed by atoms with Gasteiger partial charge >= 0.3 is 12.0 Å². The van der Waals surface area contributed by atoms with Crippen LogP contribution in [0.5, 0.6) is 11.8 Å². The fraction of sp³-hybridized carbons (Fsp3) is 0.371. The highest BCUT2D eigenvalue weighted by Crippen LogP contribution is 2.43. The van der Waals surface area contributed by atoms with E-state index < -0.39 is 40.8 Å². The first-order chi connectivity index (χ1) is 23.1. The SMILES string of the molecule is C#Cc1c(F)ccc2cc(O)cc(-c3ccc4c(N5CCCC6(C5)NC(=O)NC6=O)nc(OC[C@@]56CCCN5C[C@H](F)C6)nc4c3F)c12. The van der Waals surface area contributed by atoms with Crippen molar-refractivity contribution in [3.63, 3.8) is 0 Å². The van der Waals surface area contributed by atoms with Gasteiger partial charge < -0.3 is 20.1 Å². The number of benzene rings is 3. The molecule has 0 bridgehead atoms. The molecule has 3 atom stereocenters. The maximum absolute atomic E-state index is 16.9. The second-order valence-electron chi connectivity index (χ2n) is 13.2. The lowest BCUT2D eigenvalue weighted by molar-refractivity contribution is -0.124. The number of urea groups is 1. The molecule has 4 aliphatic heterocycles. The lowest BCUT2D eigenvalue weighted by Crippen LogP contribution is -2.58. The number of piperidine rings is 1. The second-order valence-corrected chi connectivity index (χ2v) is 13.2. The largest absolute Gasteiger partial charge is 0.508 e. The number of carbonyl (C=O) groups is 2. The van der Waals surface area contributed by atoms with Gasteiger partial charge in [0.1, 0.15) is 41.2 Å². The van der Waals surface area contributed by atoms with Crippen LogP contribution in [-0.4, -0.2) is 81.9 Å². The number of halogens is 3. The van der Waals surface area contributed by atoms with Crippen LogP contribution in [0.25, 0.3) is 32.8 Å². The molecule has 3 N–H and O–H groups in total. The Morgan fingerprint density at radius 3 is 2.71 bits per heavy atom. The molecule has 0 saturated carbocycles. The minimum Gasteiger partial charge on any atom is -0.508 e. The zero-order valence-electron chi connectivity index (χ0n) is 25.8. The average molecular weight is 657 g/mol. The third kappa shape index (κ3) is 4.69. The molecule has 8 rings (SSSR count). The highest BCUT2D eigenvalue weighted by Gasteiger charge is 2.50. The van der Waals surface area contributed by atoms with E-state index in [0.29, 0.717) is 48.9 Å². The molecule has 1 spiro atoms. The van der Waals surface area contributed by atoms with E-state index in [1.54, 1.807) is 11.0 Å². The van der Waals surface area contributed by atoms with Gasteiger partial charge in [-0.1, -0.05) is 18.1 Å². The minimum atomic E-state index is -1.19. The van der Waals surface area contributed by atoms with E-state index in [9.17, 15) is 23.5 Å². The maximum atomic E-state index is 16.9. The molecule has 3 aromatic carbocycles. The number of fused-ring (bicyclic) bond motifs is 3. The molecule has 0 radical (unpaired) electrons. The number of phenols is 1. The zero-order chi connectivity index (χ0) is 33.4. The Morgan fingerprint density at radius 1 is 1.08 bits per heavy atom. The van der Waals surface area contributed by atoms with E-state index in [1.165, 1.54) is 30.3 Å². The number of terminal acetylenes is 1. The minimum absolute atomic E-state index is 0.00951. The van der Waals surface area contributed by atoms with Crippen molar-refractivity contribution in [3.8, 4) is 35.2 Å². The highest BCUT2D eigenvalue weighted by atomic mass is 19.1. The lowest BCUT2D eigenvalue weighted by atomic mass is 9.89. The summed E-state index contributed by atoms with van der Waals surface area (Å²) >= 11 is 0. The van der Waals surface area contributed by atoms with Crippen LogP contribution < -0.4 is 20.3 Å². The van der Waals surface area contributed by atoms with Crippen LogP contribution in [0, 0.1) is 24.0 Å². The van der Waals surface area contributed by atoms with Crippen LogP contribution in [0.2, 0.25) is 0 Å². The van der Waals surface area contributed by atoms with Gasteiger partial charge in [0.25, 0.3) is 5.91 Å². The predicted octanol–water partition coefficient (Wildman–Crippen LogP) is 4.55. The van der Waals surface area contributed by atoms with E-state index in [2.05, 4.69) is 26.4 Å². The van der Waals surface area contributed by atoms with Gasteiger partial charge in [-0.05, 0) is 67.4 Å². The number of aromatic nitrogens is 2. The lowest BCUT2D eigenvalue weighted by Gasteiger charge is -2.39. The average Bonchev–Trinajstić information content (AvgIpc) is 3.68. The molecule has 4 aliphatic rings. The van der Waals surface area contributed by atoms with Gasteiger partial charge in [0.05, 0.1) is 17.6 Å². The van der Waals surface area contributed by atoms with Gasteiger partial charge in [-0.25, -0.2) is 18.0 Å². The van der Waals surface area contributed by atoms with Crippen LogP contribution in [0.1, 0.15) is 37.7 Å². The summed E-state index contributed by atoms with van der Waals surface area (Å²) in [6, 6.07) is 7.79. The molecular weight excluding hydrogens is 625 g/mol. The summed E-state index contributed by atoms with van der Waals surface area (Å²) < 4.78 is 52.5. The molecule has 48 heavy (non-hydrogen) atoms. The maximum Gasteiger partial charge on any atom is 0.322 e. The number of nitrogens with one attached hydrogen (secondary N) is 2. The Morgan fingerprint density at radius 2 is 1.92 bits per heavy atom. The van der Waals surface area contributed by atoms with Crippen molar-refractivity contribution in [2.45, 2.75) is 49.4 Å². The Balaban J connectivity index is 1.28. The first-order valence-corrected chi connectivity index (χ1v) is 15.9. The van der Waals surface area contributed by atoms with Gasteiger partial charge in [0.15, 0.2) is 5.82 Å². The van der Waals surface area contributed by atoms with Crippen molar-refractivity contribution >= 4 is 39.4 Å². The van der Waals surface area contributed by atoms with Crippen LogP contribution in [0.4, 0.5) is 23.8 Å². The summed E-state index contributed by atoms with van der Waals surface area (Å²) in [6.07, 6.45) is 7.60. The van der Waals surface area contributed by atoms with E-state index in [-0.39, 0.29) is 52.5 Å². The molecule has 13 heteroatoms. The summed E-state index contributed by atoms with van der Waals surface area (Å²) in [6.45, 7) is 1.70. The molecule has 4 fully saturated rings. The van der Waals surface area contributed by atoms with Crippen LogP contribution in [-0.2, 0) is 4.79 Å². The number of ether oxygens (including phenoxy) is 1. The number of aromatic hydroxyl groups is 1. The Labute approximate surface area is 273 Å². The predicted molar refractivity (Wildman–Crippen MR) is 171 cm³/mol. The smallest absolute Gasteiger partial charge is 0.322 e. The molecule has 1 aromatic heterocycles. The summed E-state index contributed by atoms with van der Waals surface area (Å²) in [5, 5.41) is 16.6. The normalized spacial score (nSPS) is 25.5. The van der Waals surface area contributed by atoms with Crippen molar-refractivity contribution in [2.75, 3.05) is 37.7 Å². The van der Waals surface area contributed by atoms with Gasteiger partial charge in [-0.3, -0.25) is 15.0 Å². The van der Waals surface area contributed by atoms with Crippen molar-refractivity contribution in [1.29, 1.82) is 0 Å². The number of rotatable bonds is 5. The van der Waals surface area contributed by atoms with E-state index in [0.717, 1.165) is 19.4 Å². The molecular formula is C35H31F3N6O4. The monoisotopic (exact) mass is 656 g/mol. The fourth-order valence-corrected chi connectivity index (χ4v) is 8.12. The number of carbonyl (C=O) groups excluding carboxylic acids is 2. The van der Waals surface area contributed by atoms with Gasteiger partial charge in [0.2, 0.25) is 0 Å². The van der Waals surface area contributed by atoms with Gasteiger partial charge in [0, 0.05) is 35.8 Å². The summed E-state index contributed by atoms with van der Waals surface area (Å²) in [5.74, 6) is 0.578. The standard InChI is InChI=1S/C35H31F3N6O4/c1-2-22-26(37)8-5-19-13-21(45)14-25(27(19)22)23-6-7-24-29(28(23)38)39-33(48-18-34-9-3-12-44(34)16-20(36)15-34)40-30(24)43-11-4-10-35(17-43)31(46)41-32(47)42-35/h1,5-8,13-14,20,45H,3-4,9-12,15-18H2,(H2,41,42,46,47)/t20-,34+,35?/m1/s1. The molecule has 3 amide bonds. The number of alkyl halides is 1. The molecule has 5 heterocycles. The fourth-order valence-electron chi connectivity index (χ4n) is 8.12. The third-order valence-electron chi connectivity index (χ3n) is 10.3. The van der Waals surface area contributed by atoms with E-state index in [4.69, 9.17) is 16.1 Å². The van der Waals surface area contributed by atoms with E-state index >= 15 is 4.39 Å². The number of nitrogens with zero attached hydrogens (tertiary/aromatic N) is 4. The number of imide groups is 1. The molecule has 4 saturated heterocycles. The molecule has 10 nitrogen and oxygen atoms in total. The summed E-state index contributed by atoms with van der Waals surface area (Å²) in [4.78, 5) is 38.1. The number of amides is 3. The Hall–Kier alpha value is -5.09. The number of anilines is 1. The van der Waals surface area contributed by atoms with Crippen LogP contribution >= 0.6 is 0 Å². The van der Waals surface area contributed by atoms with E-state index in [1.807, 2.05) is 0 Å². The molecule has 0 aliphatic carbocycles. The van der Waals surface area contributed by atoms with Gasteiger partial charge in [-0.15, -0.1) is 6.42 Å². The quantitative estimate of drug-likeness (QED) is 0.212. The molecule has 246 valence electrons. The number of hydrogen-bond donors (Lipinski definition) is 3. The Kier molecular flexibility index (Phi) is 6.92. The first kappa shape index (κ1) is 30.3. The number of phenolic OH excluding ortho intramolecular Hbond substituents is 1. The Bertz CT molecular complexity index is 2090. The van der Waals surface area contributed by atoms with Crippen LogP contribution in [0.15, 0.2) is 36.4 Å². The third-order valence-corrected chi connectivity index (χ3v) is 10.3. The zero-order valence-corrected chi connectivity index (χ0v) is 25.8. The second kappa shape index (κ2) is 11.0. The number of hydrogen-bond acceptors (Lipinski definition) is 8. The summed E-state index contributed by atoms with van der Waals surface area (Å²) in [7, 11) is 0. The highest BCUT2D eigenvalue weighted by molar-refractivity contribution is 6.08. The molecule has 4 aromatic rings. The summed E-state index contributed by atoms with van der Waals surface area (Å²) in [5.41, 5.74) is -1.72. The van der Waals surface area contributed by atoms with Crippen molar-refractivity contribution in [3.05, 3.63) is 53.6 Å². The van der Waals surface area contributed by atoms with Crippen molar-refractivity contribution < 1.29 is 32.6 Å². The van der Waals surface area contributed by atoms with Crippen molar-refractivity contribution in [1.82, 2.24) is 25.5 Å². The topological polar surface area (TPSA) is 120 Å².